The molecule has 10 nitrogen and oxygen atoms in total. The first kappa shape index (κ1) is 28.7. The monoisotopic (exact) mass is 583 g/mol. The van der Waals surface area contributed by atoms with Crippen molar-refractivity contribution in [1.29, 1.82) is 0 Å². The van der Waals surface area contributed by atoms with Crippen molar-refractivity contribution in [1.82, 2.24) is 10.5 Å². The molecule has 1 amide bonds. The molecule has 4 aromatic rings. The average molecular weight is 584 g/mol. The second kappa shape index (κ2) is 11.8. The van der Waals surface area contributed by atoms with Crippen LogP contribution in [0.5, 0.6) is 17.2 Å². The number of carbonyl (C=O) groups is 1. The Balaban J connectivity index is 0.00000370. The standard InChI is InChI=1S/C28H25N3O7S.ClH/c1-17-12-20(18-5-10-24-25(14-18)38-16-37-24)13-23(27(32)31-33)26(17)30-28(19-4-3-11-29-15-19)39(34,35)22-8-6-21(36-2)7-9-22;/h3-15,28,30,33H,16H2,1-2H3,(H,31,32);1H. The van der Waals surface area contributed by atoms with Crippen LogP contribution in [0.15, 0.2) is 84.0 Å². The minimum atomic E-state index is -4.04. The number of fused-ring (bicyclic) bond motifs is 1. The lowest BCUT2D eigenvalue weighted by molar-refractivity contribution is 0.0707. The summed E-state index contributed by atoms with van der Waals surface area (Å²) in [7, 11) is -2.55. The van der Waals surface area contributed by atoms with Crippen LogP contribution in [0.25, 0.3) is 11.1 Å². The maximum Gasteiger partial charge on any atom is 0.276 e. The summed E-state index contributed by atoms with van der Waals surface area (Å²) < 4.78 is 43.8. The number of hydrogen-bond donors (Lipinski definition) is 3. The highest BCUT2D eigenvalue weighted by Gasteiger charge is 2.31. The minimum Gasteiger partial charge on any atom is -0.497 e. The van der Waals surface area contributed by atoms with E-state index in [1.165, 1.54) is 31.6 Å². The molecule has 2 heterocycles. The Kier molecular flexibility index (Phi) is 8.48. The quantitative estimate of drug-likeness (QED) is 0.195. The number of aromatic nitrogens is 1. The zero-order valence-electron chi connectivity index (χ0n) is 21.5. The summed E-state index contributed by atoms with van der Waals surface area (Å²) in [6.45, 7) is 1.87. The normalized spacial score (nSPS) is 12.7. The van der Waals surface area contributed by atoms with E-state index in [2.05, 4.69) is 10.3 Å². The first-order valence-electron chi connectivity index (χ1n) is 11.9. The summed E-state index contributed by atoms with van der Waals surface area (Å²) in [6, 6.07) is 18.1. The van der Waals surface area contributed by atoms with Crippen molar-refractivity contribution in [3.63, 3.8) is 0 Å². The maximum absolute atomic E-state index is 13.9. The van der Waals surface area contributed by atoms with Gasteiger partial charge in [-0.15, -0.1) is 12.4 Å². The molecular weight excluding hydrogens is 558 g/mol. The molecule has 3 aromatic carbocycles. The molecule has 3 N–H and O–H groups in total. The van der Waals surface area contributed by atoms with Crippen molar-refractivity contribution in [2.24, 2.45) is 0 Å². The molecular formula is C28H26ClN3O7S. The van der Waals surface area contributed by atoms with Crippen molar-refractivity contribution in [3.8, 4) is 28.4 Å². The number of sulfone groups is 1. The third-order valence-electron chi connectivity index (χ3n) is 6.35. The van der Waals surface area contributed by atoms with E-state index >= 15 is 0 Å². The number of aryl methyl sites for hydroxylation is 1. The number of ether oxygens (including phenoxy) is 3. The lowest BCUT2D eigenvalue weighted by Gasteiger charge is -2.24. The zero-order valence-corrected chi connectivity index (χ0v) is 23.1. The van der Waals surface area contributed by atoms with Crippen LogP contribution in [0.2, 0.25) is 0 Å². The molecule has 0 radical (unpaired) electrons. The van der Waals surface area contributed by atoms with Crippen LogP contribution < -0.4 is 25.0 Å². The van der Waals surface area contributed by atoms with Crippen molar-refractivity contribution in [2.75, 3.05) is 19.2 Å². The van der Waals surface area contributed by atoms with Crippen LogP contribution in [0, 0.1) is 6.92 Å². The van der Waals surface area contributed by atoms with Crippen molar-refractivity contribution >= 4 is 33.8 Å². The molecule has 208 valence electrons. The molecule has 5 rings (SSSR count). The van der Waals surface area contributed by atoms with Crippen LogP contribution in [0.3, 0.4) is 0 Å². The Hall–Kier alpha value is -4.32. The number of halogens is 1. The molecule has 0 aliphatic carbocycles. The Bertz CT molecular complexity index is 1630. The number of nitrogens with one attached hydrogen (secondary N) is 2. The summed E-state index contributed by atoms with van der Waals surface area (Å²) >= 11 is 0. The van der Waals surface area contributed by atoms with Gasteiger partial charge in [-0.05, 0) is 78.2 Å². The fraction of sp³-hybridized carbons (Fsp3) is 0.143. The molecule has 0 spiro atoms. The molecule has 1 atom stereocenters. The van der Waals surface area contributed by atoms with E-state index in [9.17, 15) is 18.4 Å². The summed E-state index contributed by atoms with van der Waals surface area (Å²) in [6.07, 6.45) is 2.98. The van der Waals surface area contributed by atoms with Gasteiger partial charge in [0.15, 0.2) is 16.9 Å². The first-order chi connectivity index (χ1) is 18.8. The third kappa shape index (κ3) is 5.53. The number of amides is 1. The number of carbonyl (C=O) groups excluding carboxylic acids is 1. The Morgan fingerprint density at radius 2 is 1.77 bits per heavy atom. The van der Waals surface area contributed by atoms with Gasteiger partial charge in [-0.25, -0.2) is 13.9 Å². The number of rotatable bonds is 8. The second-order valence-electron chi connectivity index (χ2n) is 8.76. The number of benzene rings is 3. The van der Waals surface area contributed by atoms with E-state index in [0.717, 1.165) is 5.56 Å². The number of nitrogens with zero attached hydrogens (tertiary/aromatic N) is 1. The number of anilines is 1. The van der Waals surface area contributed by atoms with Gasteiger partial charge < -0.3 is 19.5 Å². The minimum absolute atomic E-state index is 0. The second-order valence-corrected chi connectivity index (χ2v) is 10.8. The summed E-state index contributed by atoms with van der Waals surface area (Å²) in [5.41, 5.74) is 4.28. The molecule has 12 heteroatoms. The Labute approximate surface area is 237 Å². The first-order valence-corrected chi connectivity index (χ1v) is 13.4. The molecule has 1 aromatic heterocycles. The fourth-order valence-electron chi connectivity index (χ4n) is 4.36. The van der Waals surface area contributed by atoms with E-state index in [4.69, 9.17) is 14.2 Å². The highest BCUT2D eigenvalue weighted by atomic mass is 35.5. The molecule has 0 fully saturated rings. The van der Waals surface area contributed by atoms with Crippen molar-refractivity contribution < 1.29 is 32.6 Å². The van der Waals surface area contributed by atoms with Gasteiger partial charge in [-0.3, -0.25) is 15.0 Å². The maximum atomic E-state index is 13.9. The Morgan fingerprint density at radius 3 is 2.45 bits per heavy atom. The van der Waals surface area contributed by atoms with E-state index < -0.39 is 21.1 Å². The highest BCUT2D eigenvalue weighted by Crippen LogP contribution is 2.39. The number of hydrogen-bond acceptors (Lipinski definition) is 9. The lowest BCUT2D eigenvalue weighted by Crippen LogP contribution is -2.26. The smallest absolute Gasteiger partial charge is 0.276 e. The van der Waals surface area contributed by atoms with E-state index in [-0.39, 0.29) is 35.3 Å². The van der Waals surface area contributed by atoms with Gasteiger partial charge in [-0.2, -0.15) is 0 Å². The van der Waals surface area contributed by atoms with Crippen LogP contribution in [0.4, 0.5) is 5.69 Å². The number of pyridine rings is 1. The molecule has 1 aliphatic heterocycles. The van der Waals surface area contributed by atoms with Crippen molar-refractivity contribution in [3.05, 3.63) is 95.8 Å². The lowest BCUT2D eigenvalue weighted by atomic mass is 9.97. The van der Waals surface area contributed by atoms with Gasteiger partial charge >= 0.3 is 0 Å². The van der Waals surface area contributed by atoms with Crippen LogP contribution in [-0.2, 0) is 9.84 Å². The largest absolute Gasteiger partial charge is 0.497 e. The summed E-state index contributed by atoms with van der Waals surface area (Å²) in [5.74, 6) is 0.888. The predicted molar refractivity (Wildman–Crippen MR) is 150 cm³/mol. The van der Waals surface area contributed by atoms with Gasteiger partial charge in [0, 0.05) is 18.0 Å². The molecule has 1 unspecified atom stereocenters. The predicted octanol–water partition coefficient (Wildman–Crippen LogP) is 4.92. The van der Waals surface area contributed by atoms with Crippen LogP contribution in [-0.4, -0.2) is 38.4 Å². The third-order valence-corrected chi connectivity index (χ3v) is 8.29. The molecule has 40 heavy (non-hydrogen) atoms. The fourth-order valence-corrected chi connectivity index (χ4v) is 5.92. The Morgan fingerprint density at radius 1 is 1.02 bits per heavy atom. The highest BCUT2D eigenvalue weighted by molar-refractivity contribution is 7.91. The van der Waals surface area contributed by atoms with Gasteiger partial charge in [0.2, 0.25) is 16.6 Å². The van der Waals surface area contributed by atoms with Crippen LogP contribution in [0.1, 0.15) is 26.9 Å². The van der Waals surface area contributed by atoms with Gasteiger partial charge in [0.1, 0.15) is 5.75 Å². The van der Waals surface area contributed by atoms with Gasteiger partial charge in [0.05, 0.1) is 23.3 Å². The molecule has 1 aliphatic rings. The number of methoxy groups -OCH3 is 1. The summed E-state index contributed by atoms with van der Waals surface area (Å²) in [4.78, 5) is 17.0. The SMILES string of the molecule is COc1ccc(S(=O)(=O)C(Nc2c(C)cc(-c3ccc4c(c3)OCO4)cc2C(=O)NO)c2cccnc2)cc1.Cl. The van der Waals surface area contributed by atoms with Crippen molar-refractivity contribution in [2.45, 2.75) is 17.2 Å². The molecule has 0 saturated heterocycles. The van der Waals surface area contributed by atoms with Gasteiger partial charge in [-0.1, -0.05) is 12.1 Å². The number of hydroxylamine groups is 1. The molecule has 0 bridgehead atoms. The van der Waals surface area contributed by atoms with E-state index in [1.807, 2.05) is 12.1 Å². The summed E-state index contributed by atoms with van der Waals surface area (Å²) in [5, 5.41) is 11.3. The van der Waals surface area contributed by atoms with Gasteiger partial charge in [0.25, 0.3) is 5.91 Å². The molecule has 0 saturated carbocycles. The zero-order chi connectivity index (χ0) is 27.6. The van der Waals surface area contributed by atoms with E-state index in [0.29, 0.717) is 33.9 Å². The topological polar surface area (TPSA) is 136 Å². The van der Waals surface area contributed by atoms with Crippen LogP contribution >= 0.6 is 12.4 Å². The van der Waals surface area contributed by atoms with E-state index in [1.54, 1.807) is 54.9 Å². The average Bonchev–Trinajstić information content (AvgIpc) is 3.44.